The largest absolute Gasteiger partial charge is 0.436 e. The third-order valence-corrected chi connectivity index (χ3v) is 3.18. The predicted molar refractivity (Wildman–Crippen MR) is 78.2 cm³/mol. The Kier molecular flexibility index (Phi) is 3.05. The van der Waals surface area contributed by atoms with Gasteiger partial charge in [0.1, 0.15) is 6.33 Å². The Labute approximate surface area is 118 Å². The van der Waals surface area contributed by atoms with Gasteiger partial charge in [-0.1, -0.05) is 28.1 Å². The Morgan fingerprint density at radius 3 is 2.74 bits per heavy atom. The van der Waals surface area contributed by atoms with Crippen LogP contribution in [-0.2, 0) is 0 Å². The molecule has 0 amide bonds. The van der Waals surface area contributed by atoms with Crippen LogP contribution in [-0.4, -0.2) is 9.97 Å². The predicted octanol–water partition coefficient (Wildman–Crippen LogP) is 3.77. The van der Waals surface area contributed by atoms with Crippen LogP contribution < -0.4 is 10.5 Å². The molecule has 0 saturated heterocycles. The summed E-state index contributed by atoms with van der Waals surface area (Å²) in [4.78, 5) is 8.36. The van der Waals surface area contributed by atoms with Crippen LogP contribution in [0, 0.1) is 0 Å². The maximum atomic E-state index is 5.91. The number of ether oxygens (including phenoxy) is 1. The van der Waals surface area contributed by atoms with Crippen molar-refractivity contribution in [3.63, 3.8) is 0 Å². The number of nitrogens with zero attached hydrogens (tertiary/aromatic N) is 2. The number of nitrogen functional groups attached to an aromatic ring is 1. The van der Waals surface area contributed by atoms with Gasteiger partial charge in [0.2, 0.25) is 5.88 Å². The molecule has 0 fully saturated rings. The first-order chi connectivity index (χ1) is 9.24. The molecule has 0 atom stereocenters. The van der Waals surface area contributed by atoms with E-state index in [0.29, 0.717) is 17.3 Å². The number of hydrogen-bond acceptors (Lipinski definition) is 4. The molecular formula is C14H10BrN3O. The lowest BCUT2D eigenvalue weighted by molar-refractivity contribution is 0.470. The second kappa shape index (κ2) is 4.85. The second-order valence-electron chi connectivity index (χ2n) is 3.98. The number of benzene rings is 2. The van der Waals surface area contributed by atoms with E-state index in [2.05, 4.69) is 25.9 Å². The van der Waals surface area contributed by atoms with Crippen molar-refractivity contribution in [1.82, 2.24) is 9.97 Å². The maximum absolute atomic E-state index is 5.91. The topological polar surface area (TPSA) is 61.0 Å². The highest BCUT2D eigenvalue weighted by atomic mass is 79.9. The minimum Gasteiger partial charge on any atom is -0.436 e. The van der Waals surface area contributed by atoms with Gasteiger partial charge in [-0.3, -0.25) is 0 Å². The van der Waals surface area contributed by atoms with Crippen molar-refractivity contribution in [3.05, 3.63) is 53.3 Å². The standard InChI is InChI=1S/C14H10BrN3O/c15-9-5-6-13(11(16)7-9)19-14-10-3-1-2-4-12(10)17-8-18-14/h1-8H,16H2. The molecule has 19 heavy (non-hydrogen) atoms. The number of rotatable bonds is 2. The number of anilines is 1. The Bertz CT molecular complexity index is 740. The van der Waals surface area contributed by atoms with Gasteiger partial charge >= 0.3 is 0 Å². The monoisotopic (exact) mass is 315 g/mol. The van der Waals surface area contributed by atoms with Crippen molar-refractivity contribution < 1.29 is 4.74 Å². The zero-order chi connectivity index (χ0) is 13.2. The molecule has 3 rings (SSSR count). The highest BCUT2D eigenvalue weighted by Gasteiger charge is 2.07. The van der Waals surface area contributed by atoms with Gasteiger partial charge in [-0.15, -0.1) is 0 Å². The summed E-state index contributed by atoms with van der Waals surface area (Å²) in [6, 6.07) is 13.1. The SMILES string of the molecule is Nc1cc(Br)ccc1Oc1ncnc2ccccc12. The van der Waals surface area contributed by atoms with Crippen LogP contribution >= 0.6 is 15.9 Å². The summed E-state index contributed by atoms with van der Waals surface area (Å²) in [5.74, 6) is 1.08. The fraction of sp³-hybridized carbons (Fsp3) is 0. The van der Waals surface area contributed by atoms with E-state index in [0.717, 1.165) is 15.4 Å². The molecule has 2 N–H and O–H groups in total. The number of hydrogen-bond donors (Lipinski definition) is 1. The first kappa shape index (κ1) is 11.9. The lowest BCUT2D eigenvalue weighted by Gasteiger charge is -2.09. The van der Waals surface area contributed by atoms with Crippen molar-refractivity contribution in [2.24, 2.45) is 0 Å². The summed E-state index contributed by atoms with van der Waals surface area (Å²) < 4.78 is 6.69. The van der Waals surface area contributed by atoms with Gasteiger partial charge < -0.3 is 10.5 Å². The smallest absolute Gasteiger partial charge is 0.230 e. The van der Waals surface area contributed by atoms with Crippen molar-refractivity contribution in [3.8, 4) is 11.6 Å². The molecule has 2 aromatic carbocycles. The second-order valence-corrected chi connectivity index (χ2v) is 4.90. The minimum atomic E-state index is 0.500. The van der Waals surface area contributed by atoms with Crippen molar-refractivity contribution >= 4 is 32.5 Å². The summed E-state index contributed by atoms with van der Waals surface area (Å²) in [6.07, 6.45) is 1.48. The third kappa shape index (κ3) is 2.37. The Morgan fingerprint density at radius 1 is 1.05 bits per heavy atom. The lowest BCUT2D eigenvalue weighted by atomic mass is 10.2. The van der Waals surface area contributed by atoms with E-state index < -0.39 is 0 Å². The van der Waals surface area contributed by atoms with Crippen LogP contribution in [0.15, 0.2) is 53.3 Å². The quantitative estimate of drug-likeness (QED) is 0.731. The fourth-order valence-electron chi connectivity index (χ4n) is 1.78. The number of nitrogens with two attached hydrogens (primary N) is 1. The molecule has 0 saturated carbocycles. The molecule has 0 aliphatic rings. The van der Waals surface area contributed by atoms with E-state index in [9.17, 15) is 0 Å². The van der Waals surface area contributed by atoms with E-state index in [-0.39, 0.29) is 0 Å². The molecule has 0 spiro atoms. The van der Waals surface area contributed by atoms with E-state index in [1.165, 1.54) is 6.33 Å². The van der Waals surface area contributed by atoms with Crippen molar-refractivity contribution in [1.29, 1.82) is 0 Å². The van der Waals surface area contributed by atoms with Crippen LogP contribution in [0.25, 0.3) is 10.9 Å². The van der Waals surface area contributed by atoms with Gasteiger partial charge in [-0.25, -0.2) is 9.97 Å². The van der Waals surface area contributed by atoms with Crippen molar-refractivity contribution in [2.45, 2.75) is 0 Å². The Balaban J connectivity index is 2.06. The molecular weight excluding hydrogens is 306 g/mol. The first-order valence-corrected chi connectivity index (χ1v) is 6.46. The molecule has 0 radical (unpaired) electrons. The molecule has 0 unspecified atom stereocenters. The number of para-hydroxylation sites is 1. The van der Waals surface area contributed by atoms with Gasteiger partial charge in [0.25, 0.3) is 0 Å². The Morgan fingerprint density at radius 2 is 1.89 bits per heavy atom. The van der Waals surface area contributed by atoms with Crippen LogP contribution in [0.2, 0.25) is 0 Å². The van der Waals surface area contributed by atoms with Crippen LogP contribution in [0.4, 0.5) is 5.69 Å². The third-order valence-electron chi connectivity index (χ3n) is 2.68. The maximum Gasteiger partial charge on any atom is 0.230 e. The van der Waals surface area contributed by atoms with Crippen LogP contribution in [0.3, 0.4) is 0 Å². The van der Waals surface area contributed by atoms with E-state index >= 15 is 0 Å². The summed E-state index contributed by atoms with van der Waals surface area (Å²) >= 11 is 3.36. The molecule has 94 valence electrons. The van der Waals surface area contributed by atoms with E-state index in [1.54, 1.807) is 12.1 Å². The molecule has 0 aliphatic carbocycles. The molecule has 0 bridgehead atoms. The summed E-state index contributed by atoms with van der Waals surface area (Å²) in [5, 5.41) is 0.854. The summed E-state index contributed by atoms with van der Waals surface area (Å²) in [7, 11) is 0. The normalized spacial score (nSPS) is 10.6. The highest BCUT2D eigenvalue weighted by Crippen LogP contribution is 2.31. The molecule has 3 aromatic rings. The van der Waals surface area contributed by atoms with E-state index in [1.807, 2.05) is 30.3 Å². The lowest BCUT2D eigenvalue weighted by Crippen LogP contribution is -1.95. The zero-order valence-corrected chi connectivity index (χ0v) is 11.5. The minimum absolute atomic E-state index is 0.500. The zero-order valence-electron chi connectivity index (χ0n) is 9.88. The first-order valence-electron chi connectivity index (χ1n) is 5.66. The average molecular weight is 316 g/mol. The fourth-order valence-corrected chi connectivity index (χ4v) is 2.16. The van der Waals surface area contributed by atoms with Gasteiger partial charge in [-0.2, -0.15) is 0 Å². The summed E-state index contributed by atoms with van der Waals surface area (Å²) in [5.41, 5.74) is 7.30. The van der Waals surface area contributed by atoms with Crippen molar-refractivity contribution in [2.75, 3.05) is 5.73 Å². The average Bonchev–Trinajstić information content (AvgIpc) is 2.42. The number of fused-ring (bicyclic) bond motifs is 1. The van der Waals surface area contributed by atoms with Gasteiger partial charge in [0.05, 0.1) is 16.6 Å². The Hall–Kier alpha value is -2.14. The molecule has 5 heteroatoms. The van der Waals surface area contributed by atoms with Crippen LogP contribution in [0.1, 0.15) is 0 Å². The molecule has 1 aromatic heterocycles. The number of halogens is 1. The number of aromatic nitrogens is 2. The highest BCUT2D eigenvalue weighted by molar-refractivity contribution is 9.10. The summed E-state index contributed by atoms with van der Waals surface area (Å²) in [6.45, 7) is 0. The van der Waals surface area contributed by atoms with Gasteiger partial charge in [0, 0.05) is 4.47 Å². The molecule has 0 aliphatic heterocycles. The molecule has 1 heterocycles. The van der Waals surface area contributed by atoms with Crippen LogP contribution in [0.5, 0.6) is 11.6 Å². The van der Waals surface area contributed by atoms with Gasteiger partial charge in [-0.05, 0) is 30.3 Å². The molecule has 4 nitrogen and oxygen atoms in total. The van der Waals surface area contributed by atoms with E-state index in [4.69, 9.17) is 10.5 Å². The van der Waals surface area contributed by atoms with Gasteiger partial charge in [0.15, 0.2) is 5.75 Å².